The molecule has 1 saturated heterocycles. The molecule has 0 radical (unpaired) electrons. The van der Waals surface area contributed by atoms with Crippen LogP contribution in [-0.2, 0) is 0 Å². The smallest absolute Gasteiger partial charge is 0.124 e. The molecule has 2 aromatic rings. The number of ether oxygens (including phenoxy) is 1. The first-order valence-corrected chi connectivity index (χ1v) is 9.01. The molecule has 23 heavy (non-hydrogen) atoms. The Morgan fingerprint density at radius 1 is 1.13 bits per heavy atom. The summed E-state index contributed by atoms with van der Waals surface area (Å²) in [6, 6.07) is 17.3. The van der Waals surface area contributed by atoms with Gasteiger partial charge in [0.05, 0.1) is 12.6 Å². The maximum Gasteiger partial charge on any atom is 0.124 e. The van der Waals surface area contributed by atoms with Gasteiger partial charge in [0, 0.05) is 36.2 Å². The van der Waals surface area contributed by atoms with E-state index in [1.807, 2.05) is 13.0 Å². The maximum atomic E-state index is 5.92. The highest BCUT2D eigenvalue weighted by molar-refractivity contribution is 9.10. The molecule has 3 rings (SSSR count). The van der Waals surface area contributed by atoms with Gasteiger partial charge in [-0.2, -0.15) is 0 Å². The number of rotatable bonds is 5. The van der Waals surface area contributed by atoms with Crippen LogP contribution in [0, 0.1) is 0 Å². The van der Waals surface area contributed by atoms with Gasteiger partial charge in [0.15, 0.2) is 0 Å². The van der Waals surface area contributed by atoms with Crippen LogP contribution in [-0.4, -0.2) is 37.7 Å². The largest absolute Gasteiger partial charge is 0.494 e. The molecule has 3 nitrogen and oxygen atoms in total. The van der Waals surface area contributed by atoms with Crippen LogP contribution < -0.4 is 10.1 Å². The lowest BCUT2D eigenvalue weighted by molar-refractivity contribution is 0.194. The summed E-state index contributed by atoms with van der Waals surface area (Å²) in [5.41, 5.74) is 2.54. The lowest BCUT2D eigenvalue weighted by Gasteiger charge is -2.36. The zero-order valence-electron chi connectivity index (χ0n) is 13.5. The van der Waals surface area contributed by atoms with Gasteiger partial charge < -0.3 is 10.1 Å². The highest BCUT2D eigenvalue weighted by Gasteiger charge is 2.26. The molecule has 2 aromatic carbocycles. The second-order valence-corrected chi connectivity index (χ2v) is 6.63. The number of nitrogens with one attached hydrogen (secondary N) is 1. The van der Waals surface area contributed by atoms with E-state index in [2.05, 4.69) is 68.6 Å². The summed E-state index contributed by atoms with van der Waals surface area (Å²) < 4.78 is 7.01. The van der Waals surface area contributed by atoms with Gasteiger partial charge in [0.25, 0.3) is 0 Å². The molecule has 0 amide bonds. The van der Waals surface area contributed by atoms with Crippen molar-refractivity contribution in [1.29, 1.82) is 0 Å². The Labute approximate surface area is 146 Å². The summed E-state index contributed by atoms with van der Waals surface area (Å²) in [7, 11) is 0. The van der Waals surface area contributed by atoms with Crippen molar-refractivity contribution in [1.82, 2.24) is 10.2 Å². The van der Waals surface area contributed by atoms with E-state index in [-0.39, 0.29) is 6.04 Å². The molecule has 0 saturated carbocycles. The predicted octanol–water partition coefficient (Wildman–Crippen LogP) is 3.84. The van der Waals surface area contributed by atoms with Crippen molar-refractivity contribution in [2.45, 2.75) is 13.0 Å². The summed E-state index contributed by atoms with van der Waals surface area (Å²) in [5.74, 6) is 0.975. The lowest BCUT2D eigenvalue weighted by atomic mass is 9.95. The minimum Gasteiger partial charge on any atom is -0.494 e. The Balaban J connectivity index is 2.06. The fourth-order valence-electron chi connectivity index (χ4n) is 3.18. The van der Waals surface area contributed by atoms with Crippen LogP contribution in [0.4, 0.5) is 0 Å². The molecule has 1 heterocycles. The van der Waals surface area contributed by atoms with Gasteiger partial charge in [-0.15, -0.1) is 0 Å². The van der Waals surface area contributed by atoms with Crippen LogP contribution in [0.1, 0.15) is 24.1 Å². The normalized spacial score (nSPS) is 17.0. The van der Waals surface area contributed by atoms with Crippen LogP contribution in [0.3, 0.4) is 0 Å². The van der Waals surface area contributed by atoms with Gasteiger partial charge in [-0.05, 0) is 30.7 Å². The van der Waals surface area contributed by atoms with E-state index in [4.69, 9.17) is 4.74 Å². The average Bonchev–Trinajstić information content (AvgIpc) is 2.60. The molecule has 0 aromatic heterocycles. The number of hydrogen-bond acceptors (Lipinski definition) is 3. The van der Waals surface area contributed by atoms with Crippen molar-refractivity contribution in [2.24, 2.45) is 0 Å². The highest BCUT2D eigenvalue weighted by atomic mass is 79.9. The highest BCUT2D eigenvalue weighted by Crippen LogP contribution is 2.36. The number of hydrogen-bond donors (Lipinski definition) is 1. The molecule has 1 aliphatic rings. The molecule has 0 aliphatic carbocycles. The Bertz CT molecular complexity index is 627. The molecular weight excluding hydrogens is 352 g/mol. The molecule has 1 atom stereocenters. The number of benzene rings is 2. The molecule has 0 spiro atoms. The van der Waals surface area contributed by atoms with E-state index in [1.54, 1.807) is 0 Å². The quantitative estimate of drug-likeness (QED) is 0.860. The van der Waals surface area contributed by atoms with Gasteiger partial charge >= 0.3 is 0 Å². The van der Waals surface area contributed by atoms with E-state index >= 15 is 0 Å². The van der Waals surface area contributed by atoms with Crippen LogP contribution in [0.15, 0.2) is 53.0 Å². The molecule has 1 N–H and O–H groups in total. The minimum absolute atomic E-state index is 0.220. The second kappa shape index (κ2) is 7.95. The minimum atomic E-state index is 0.220. The molecule has 4 heteroatoms. The fraction of sp³-hybridized carbons (Fsp3) is 0.368. The third-order valence-electron chi connectivity index (χ3n) is 4.20. The monoisotopic (exact) mass is 374 g/mol. The number of piperazine rings is 1. The summed E-state index contributed by atoms with van der Waals surface area (Å²) in [6.07, 6.45) is 0. The molecule has 1 unspecified atom stereocenters. The molecule has 1 fully saturated rings. The summed E-state index contributed by atoms with van der Waals surface area (Å²) in [4.78, 5) is 2.54. The van der Waals surface area contributed by atoms with Crippen molar-refractivity contribution in [3.63, 3.8) is 0 Å². The molecule has 122 valence electrons. The second-order valence-electron chi connectivity index (χ2n) is 5.71. The Morgan fingerprint density at radius 2 is 1.87 bits per heavy atom. The van der Waals surface area contributed by atoms with E-state index in [1.165, 1.54) is 11.1 Å². The molecule has 0 bridgehead atoms. The van der Waals surface area contributed by atoms with Crippen LogP contribution in [0.25, 0.3) is 0 Å². The van der Waals surface area contributed by atoms with Gasteiger partial charge in [0.2, 0.25) is 0 Å². The fourth-order valence-corrected chi connectivity index (χ4v) is 3.56. The zero-order chi connectivity index (χ0) is 16.1. The summed E-state index contributed by atoms with van der Waals surface area (Å²) in [5, 5.41) is 3.44. The summed E-state index contributed by atoms with van der Waals surface area (Å²) in [6.45, 7) is 6.85. The van der Waals surface area contributed by atoms with Gasteiger partial charge in [-0.25, -0.2) is 0 Å². The van der Waals surface area contributed by atoms with Crippen LogP contribution in [0.2, 0.25) is 0 Å². The van der Waals surface area contributed by atoms with E-state index < -0.39 is 0 Å². The van der Waals surface area contributed by atoms with Crippen molar-refractivity contribution >= 4 is 15.9 Å². The first-order valence-electron chi connectivity index (χ1n) is 8.21. The lowest BCUT2D eigenvalue weighted by Crippen LogP contribution is -2.45. The maximum absolute atomic E-state index is 5.92. The number of halogens is 1. The zero-order valence-corrected chi connectivity index (χ0v) is 15.1. The first kappa shape index (κ1) is 16.5. The van der Waals surface area contributed by atoms with Crippen LogP contribution in [0.5, 0.6) is 5.75 Å². The first-order chi connectivity index (χ1) is 11.3. The topological polar surface area (TPSA) is 24.5 Å². The Kier molecular flexibility index (Phi) is 5.70. The standard InChI is InChI=1S/C19H23BrN2O/c1-2-23-18-9-8-16(20)14-17(18)19(15-6-4-3-5-7-15)22-12-10-21-11-13-22/h3-9,14,19,21H,2,10-13H2,1H3. The third kappa shape index (κ3) is 3.94. The summed E-state index contributed by atoms with van der Waals surface area (Å²) >= 11 is 3.63. The van der Waals surface area contributed by atoms with Gasteiger partial charge in [-0.3, -0.25) is 4.90 Å². The van der Waals surface area contributed by atoms with Crippen LogP contribution >= 0.6 is 15.9 Å². The average molecular weight is 375 g/mol. The Morgan fingerprint density at radius 3 is 2.57 bits per heavy atom. The molecular formula is C19H23BrN2O. The molecule has 1 aliphatic heterocycles. The SMILES string of the molecule is CCOc1ccc(Br)cc1C(c1ccccc1)N1CCNCC1. The van der Waals surface area contributed by atoms with E-state index in [9.17, 15) is 0 Å². The third-order valence-corrected chi connectivity index (χ3v) is 4.69. The Hall–Kier alpha value is -1.36. The predicted molar refractivity (Wildman–Crippen MR) is 98.0 cm³/mol. The van der Waals surface area contributed by atoms with E-state index in [0.717, 1.165) is 36.4 Å². The van der Waals surface area contributed by atoms with Crippen molar-refractivity contribution in [2.75, 3.05) is 32.8 Å². The van der Waals surface area contributed by atoms with Gasteiger partial charge in [-0.1, -0.05) is 46.3 Å². The van der Waals surface area contributed by atoms with Crippen molar-refractivity contribution < 1.29 is 4.74 Å². The van der Waals surface area contributed by atoms with Crippen molar-refractivity contribution in [3.05, 3.63) is 64.1 Å². The number of nitrogens with zero attached hydrogens (tertiary/aromatic N) is 1. The van der Waals surface area contributed by atoms with E-state index in [0.29, 0.717) is 6.61 Å². The van der Waals surface area contributed by atoms with Crippen molar-refractivity contribution in [3.8, 4) is 5.75 Å². The van der Waals surface area contributed by atoms with Gasteiger partial charge in [0.1, 0.15) is 5.75 Å².